The predicted molar refractivity (Wildman–Crippen MR) is 124 cm³/mol. The van der Waals surface area contributed by atoms with Crippen LogP contribution >= 0.6 is 0 Å². The summed E-state index contributed by atoms with van der Waals surface area (Å²) in [5.41, 5.74) is 8.70. The van der Waals surface area contributed by atoms with E-state index < -0.39 is 0 Å². The van der Waals surface area contributed by atoms with Gasteiger partial charge in [-0.25, -0.2) is 10.1 Å². The van der Waals surface area contributed by atoms with Crippen molar-refractivity contribution in [1.82, 2.24) is 20.2 Å². The summed E-state index contributed by atoms with van der Waals surface area (Å²) in [6.07, 6.45) is 5.95. The molecule has 3 aromatic heterocycles. The van der Waals surface area contributed by atoms with Crippen LogP contribution in [0.4, 0.5) is 17.3 Å². The summed E-state index contributed by atoms with van der Waals surface area (Å²) in [4.78, 5) is 22.0. The zero-order chi connectivity index (χ0) is 21.4. The molecule has 8 nitrogen and oxygen atoms in total. The molecule has 1 fully saturated rings. The minimum atomic E-state index is -0.289. The standard InChI is InChI=1S/C23H25N7O/c1-13-9-10-15-17(26-13)7-4-8-18(15)28-22-21-14(12-25-30-23(21)31)11-20(29-22)27-19-6-3-2-5-16(19)24/h4,7-12,16,19H,2-3,5-6,24H2,1H3,(H,30,31)(H2,27,28,29)/t16-,19+/m0/s1. The summed E-state index contributed by atoms with van der Waals surface area (Å²) in [5.74, 6) is 1.15. The maximum atomic E-state index is 12.6. The summed E-state index contributed by atoms with van der Waals surface area (Å²) in [5, 5.41) is 15.5. The van der Waals surface area contributed by atoms with E-state index in [0.717, 1.165) is 48.0 Å². The fraction of sp³-hybridized carbons (Fsp3) is 0.304. The minimum Gasteiger partial charge on any atom is -0.366 e. The van der Waals surface area contributed by atoms with E-state index in [4.69, 9.17) is 10.7 Å². The highest BCUT2D eigenvalue weighted by Crippen LogP contribution is 2.30. The van der Waals surface area contributed by atoms with Crippen LogP contribution < -0.4 is 21.9 Å². The molecule has 5 rings (SSSR count). The van der Waals surface area contributed by atoms with Crippen LogP contribution in [0.2, 0.25) is 0 Å². The monoisotopic (exact) mass is 415 g/mol. The Morgan fingerprint density at radius 1 is 1.13 bits per heavy atom. The van der Waals surface area contributed by atoms with E-state index in [0.29, 0.717) is 22.4 Å². The number of rotatable bonds is 4. The van der Waals surface area contributed by atoms with Gasteiger partial charge < -0.3 is 16.4 Å². The summed E-state index contributed by atoms with van der Waals surface area (Å²) < 4.78 is 0. The Morgan fingerprint density at radius 2 is 2.00 bits per heavy atom. The molecule has 0 radical (unpaired) electrons. The molecule has 0 bridgehead atoms. The van der Waals surface area contributed by atoms with Gasteiger partial charge in [-0.05, 0) is 50.1 Å². The van der Waals surface area contributed by atoms with Crippen molar-refractivity contribution in [3.05, 3.63) is 58.6 Å². The molecule has 8 heteroatoms. The number of nitrogens with zero attached hydrogens (tertiary/aromatic N) is 3. The Kier molecular flexibility index (Phi) is 4.99. The van der Waals surface area contributed by atoms with Crippen LogP contribution in [0.5, 0.6) is 0 Å². The number of aromatic amines is 1. The zero-order valence-corrected chi connectivity index (χ0v) is 17.4. The maximum absolute atomic E-state index is 12.6. The molecule has 0 amide bonds. The van der Waals surface area contributed by atoms with Gasteiger partial charge in [0.15, 0.2) is 0 Å². The molecule has 1 aliphatic rings. The zero-order valence-electron chi connectivity index (χ0n) is 17.4. The highest BCUT2D eigenvalue weighted by atomic mass is 16.1. The molecule has 31 heavy (non-hydrogen) atoms. The number of anilines is 3. The second-order valence-electron chi connectivity index (χ2n) is 8.17. The molecule has 1 saturated carbocycles. The fourth-order valence-corrected chi connectivity index (χ4v) is 4.31. The van der Waals surface area contributed by atoms with Gasteiger partial charge in [-0.1, -0.05) is 18.9 Å². The third-order valence-corrected chi connectivity index (χ3v) is 5.92. The first-order chi connectivity index (χ1) is 15.1. The van der Waals surface area contributed by atoms with Gasteiger partial charge in [-0.3, -0.25) is 9.78 Å². The van der Waals surface area contributed by atoms with Crippen molar-refractivity contribution in [2.75, 3.05) is 10.6 Å². The second-order valence-corrected chi connectivity index (χ2v) is 8.17. The number of benzene rings is 1. The fourth-order valence-electron chi connectivity index (χ4n) is 4.31. The molecule has 3 heterocycles. The van der Waals surface area contributed by atoms with E-state index in [-0.39, 0.29) is 17.6 Å². The Balaban J connectivity index is 1.59. The Hall–Kier alpha value is -3.52. The smallest absolute Gasteiger partial charge is 0.275 e. The number of fused-ring (bicyclic) bond motifs is 2. The average Bonchev–Trinajstić information content (AvgIpc) is 2.75. The van der Waals surface area contributed by atoms with Crippen LogP contribution in [0.15, 0.2) is 47.4 Å². The number of H-pyrrole nitrogens is 1. The summed E-state index contributed by atoms with van der Waals surface area (Å²) >= 11 is 0. The molecular formula is C23H25N7O. The molecule has 0 unspecified atom stereocenters. The predicted octanol–water partition coefficient (Wildman–Crippen LogP) is 3.60. The third kappa shape index (κ3) is 3.82. The molecular weight excluding hydrogens is 390 g/mol. The first-order valence-electron chi connectivity index (χ1n) is 10.6. The van der Waals surface area contributed by atoms with Crippen LogP contribution in [0.3, 0.4) is 0 Å². The topological polar surface area (TPSA) is 122 Å². The lowest BCUT2D eigenvalue weighted by Gasteiger charge is -2.30. The van der Waals surface area contributed by atoms with E-state index in [1.54, 1.807) is 6.20 Å². The van der Waals surface area contributed by atoms with Gasteiger partial charge in [-0.15, -0.1) is 0 Å². The minimum absolute atomic E-state index is 0.0901. The number of aromatic nitrogens is 4. The van der Waals surface area contributed by atoms with Gasteiger partial charge in [0, 0.05) is 34.2 Å². The highest BCUT2D eigenvalue weighted by molar-refractivity contribution is 5.98. The maximum Gasteiger partial charge on any atom is 0.275 e. The SMILES string of the molecule is Cc1ccc2c(Nc3nc(N[C@@H]4CCCC[C@@H]4N)cc4cn[nH]c(=O)c34)cccc2n1. The largest absolute Gasteiger partial charge is 0.366 e. The lowest BCUT2D eigenvalue weighted by molar-refractivity contribution is 0.403. The van der Waals surface area contributed by atoms with Crippen LogP contribution in [0.25, 0.3) is 21.7 Å². The van der Waals surface area contributed by atoms with Crippen molar-refractivity contribution >= 4 is 39.0 Å². The molecule has 0 aliphatic heterocycles. The van der Waals surface area contributed by atoms with Crippen molar-refractivity contribution < 1.29 is 0 Å². The Labute approximate surface area is 179 Å². The Bertz CT molecular complexity index is 1320. The van der Waals surface area contributed by atoms with Crippen molar-refractivity contribution in [3.63, 3.8) is 0 Å². The van der Waals surface area contributed by atoms with Gasteiger partial charge in [0.25, 0.3) is 5.56 Å². The second kappa shape index (κ2) is 7.96. The van der Waals surface area contributed by atoms with Crippen LogP contribution in [0.1, 0.15) is 31.4 Å². The van der Waals surface area contributed by atoms with Gasteiger partial charge in [0.05, 0.1) is 17.1 Å². The van der Waals surface area contributed by atoms with E-state index >= 15 is 0 Å². The van der Waals surface area contributed by atoms with E-state index in [1.165, 1.54) is 0 Å². The number of hydrogen-bond donors (Lipinski definition) is 4. The van der Waals surface area contributed by atoms with Crippen LogP contribution in [-0.2, 0) is 0 Å². The summed E-state index contributed by atoms with van der Waals surface area (Å²) in [6.45, 7) is 1.96. The molecule has 0 spiro atoms. The number of hydrogen-bond acceptors (Lipinski definition) is 7. The molecule has 2 atom stereocenters. The molecule has 158 valence electrons. The average molecular weight is 416 g/mol. The lowest BCUT2D eigenvalue weighted by atomic mass is 9.91. The molecule has 1 aliphatic carbocycles. The van der Waals surface area contributed by atoms with Crippen LogP contribution in [0, 0.1) is 6.92 Å². The van der Waals surface area contributed by atoms with Crippen molar-refractivity contribution in [3.8, 4) is 0 Å². The molecule has 4 aromatic rings. The molecule has 0 saturated heterocycles. The normalized spacial score (nSPS) is 18.9. The molecule has 5 N–H and O–H groups in total. The first kappa shape index (κ1) is 19.4. The number of nitrogens with two attached hydrogens (primary N) is 1. The van der Waals surface area contributed by atoms with Gasteiger partial charge in [0.2, 0.25) is 0 Å². The number of aryl methyl sites for hydroxylation is 1. The summed E-state index contributed by atoms with van der Waals surface area (Å²) in [6, 6.07) is 12.0. The summed E-state index contributed by atoms with van der Waals surface area (Å²) in [7, 11) is 0. The van der Waals surface area contributed by atoms with Crippen molar-refractivity contribution in [1.29, 1.82) is 0 Å². The number of nitrogens with one attached hydrogen (secondary N) is 3. The van der Waals surface area contributed by atoms with E-state index in [1.807, 2.05) is 43.3 Å². The van der Waals surface area contributed by atoms with Crippen molar-refractivity contribution in [2.45, 2.75) is 44.7 Å². The van der Waals surface area contributed by atoms with E-state index in [9.17, 15) is 4.79 Å². The number of pyridine rings is 2. The van der Waals surface area contributed by atoms with Gasteiger partial charge in [-0.2, -0.15) is 5.10 Å². The first-order valence-corrected chi connectivity index (χ1v) is 10.6. The lowest BCUT2D eigenvalue weighted by Crippen LogP contribution is -2.42. The molecule has 1 aromatic carbocycles. The highest BCUT2D eigenvalue weighted by Gasteiger charge is 2.22. The quantitative estimate of drug-likeness (QED) is 0.402. The van der Waals surface area contributed by atoms with Crippen molar-refractivity contribution in [2.24, 2.45) is 5.73 Å². The third-order valence-electron chi connectivity index (χ3n) is 5.92. The van der Waals surface area contributed by atoms with E-state index in [2.05, 4.69) is 25.8 Å². The van der Waals surface area contributed by atoms with Crippen LogP contribution in [-0.4, -0.2) is 32.2 Å². The Morgan fingerprint density at radius 3 is 2.87 bits per heavy atom. The van der Waals surface area contributed by atoms with Gasteiger partial charge >= 0.3 is 0 Å². The van der Waals surface area contributed by atoms with Gasteiger partial charge in [0.1, 0.15) is 11.6 Å².